The smallest absolute Gasteiger partial charge is 0.336 e. The Kier molecular flexibility index (Phi) is 3.00. The van der Waals surface area contributed by atoms with Gasteiger partial charge >= 0.3 is 5.97 Å². The van der Waals surface area contributed by atoms with Crippen molar-refractivity contribution in [2.24, 2.45) is 0 Å². The molecule has 0 amide bonds. The van der Waals surface area contributed by atoms with E-state index >= 15 is 0 Å². The zero-order chi connectivity index (χ0) is 13.9. The van der Waals surface area contributed by atoms with E-state index in [2.05, 4.69) is 20.5 Å². The van der Waals surface area contributed by atoms with Crippen LogP contribution in [0.2, 0.25) is 0 Å². The van der Waals surface area contributed by atoms with Crippen LogP contribution in [-0.2, 0) is 6.54 Å². The molecule has 2 heterocycles. The highest BCUT2D eigenvalue weighted by Crippen LogP contribution is 2.15. The van der Waals surface area contributed by atoms with Crippen LogP contribution in [0.25, 0.3) is 11.3 Å². The number of hydrogen-bond acceptors (Lipinski definition) is 4. The Morgan fingerprint density at radius 1 is 1.35 bits per heavy atom. The number of nitrogens with one attached hydrogen (secondary N) is 1. The van der Waals surface area contributed by atoms with Gasteiger partial charge in [0.1, 0.15) is 5.69 Å². The summed E-state index contributed by atoms with van der Waals surface area (Å²) in [6, 6.07) is 6.84. The molecule has 0 saturated carbocycles. The number of benzene rings is 1. The molecular formula is C13H11N5O2. The number of rotatable bonds is 4. The van der Waals surface area contributed by atoms with Crippen LogP contribution in [-0.4, -0.2) is 36.3 Å². The molecule has 0 saturated heterocycles. The Balaban J connectivity index is 1.87. The van der Waals surface area contributed by atoms with Crippen molar-refractivity contribution in [2.45, 2.75) is 6.54 Å². The predicted molar refractivity (Wildman–Crippen MR) is 70.1 cm³/mol. The third-order valence-electron chi connectivity index (χ3n) is 2.91. The van der Waals surface area contributed by atoms with E-state index in [1.54, 1.807) is 47.5 Å². The number of carbonyl (C=O) groups is 1. The molecule has 7 nitrogen and oxygen atoms in total. The Labute approximate surface area is 113 Å². The summed E-state index contributed by atoms with van der Waals surface area (Å²) in [7, 11) is 0. The number of hydrogen-bond donors (Lipinski definition) is 2. The first-order chi connectivity index (χ1) is 9.74. The number of H-pyrrole nitrogens is 1. The van der Waals surface area contributed by atoms with E-state index in [1.807, 2.05) is 0 Å². The molecule has 2 aromatic heterocycles. The minimum absolute atomic E-state index is 0.271. The van der Waals surface area contributed by atoms with Gasteiger partial charge in [0, 0.05) is 11.8 Å². The molecule has 100 valence electrons. The second-order valence-corrected chi connectivity index (χ2v) is 4.25. The van der Waals surface area contributed by atoms with Crippen molar-refractivity contribution in [2.75, 3.05) is 0 Å². The summed E-state index contributed by atoms with van der Waals surface area (Å²) in [5, 5.41) is 23.7. The van der Waals surface area contributed by atoms with E-state index in [9.17, 15) is 4.79 Å². The SMILES string of the molecule is O=C(O)c1ccccc1Cn1cc(-c2cn[nH]c2)nn1. The van der Waals surface area contributed by atoms with E-state index < -0.39 is 5.97 Å². The molecule has 3 aromatic rings. The van der Waals surface area contributed by atoms with Crippen LogP contribution in [0.15, 0.2) is 42.9 Å². The highest BCUT2D eigenvalue weighted by molar-refractivity contribution is 5.89. The number of carboxylic acids is 1. The monoisotopic (exact) mass is 269 g/mol. The Morgan fingerprint density at radius 3 is 2.95 bits per heavy atom. The Morgan fingerprint density at radius 2 is 2.20 bits per heavy atom. The molecule has 2 N–H and O–H groups in total. The minimum atomic E-state index is -0.948. The molecule has 3 rings (SSSR count). The summed E-state index contributed by atoms with van der Waals surface area (Å²) in [5.74, 6) is -0.948. The molecule has 0 aliphatic rings. The van der Waals surface area contributed by atoms with Gasteiger partial charge in [-0.1, -0.05) is 23.4 Å². The average Bonchev–Trinajstić information content (AvgIpc) is 3.09. The fraction of sp³-hybridized carbons (Fsp3) is 0.0769. The fourth-order valence-electron chi connectivity index (χ4n) is 1.94. The van der Waals surface area contributed by atoms with E-state index in [0.717, 1.165) is 5.56 Å². The lowest BCUT2D eigenvalue weighted by Crippen LogP contribution is -2.07. The maximum atomic E-state index is 11.1. The standard InChI is InChI=1S/C13H11N5O2/c19-13(20)11-4-2-1-3-9(11)7-18-8-12(16-17-18)10-5-14-15-6-10/h1-6,8H,7H2,(H,14,15)(H,19,20). The lowest BCUT2D eigenvalue weighted by atomic mass is 10.1. The third kappa shape index (κ3) is 2.28. The normalized spacial score (nSPS) is 10.6. The molecule has 0 aliphatic carbocycles. The average molecular weight is 269 g/mol. The Bertz CT molecular complexity index is 733. The van der Waals surface area contributed by atoms with Crippen molar-refractivity contribution in [1.29, 1.82) is 0 Å². The first-order valence-electron chi connectivity index (χ1n) is 5.94. The molecule has 0 fully saturated rings. The molecule has 20 heavy (non-hydrogen) atoms. The molecular weight excluding hydrogens is 258 g/mol. The van der Waals surface area contributed by atoms with Crippen LogP contribution in [0.3, 0.4) is 0 Å². The lowest BCUT2D eigenvalue weighted by molar-refractivity contribution is 0.0695. The van der Waals surface area contributed by atoms with Crippen LogP contribution in [0.4, 0.5) is 0 Å². The molecule has 1 aromatic carbocycles. The molecule has 0 atom stereocenters. The highest BCUT2D eigenvalue weighted by Gasteiger charge is 2.11. The maximum absolute atomic E-state index is 11.1. The Hall–Kier alpha value is -2.96. The number of nitrogens with zero attached hydrogens (tertiary/aromatic N) is 4. The molecule has 0 unspecified atom stereocenters. The van der Waals surface area contributed by atoms with E-state index in [0.29, 0.717) is 17.8 Å². The maximum Gasteiger partial charge on any atom is 0.336 e. The van der Waals surface area contributed by atoms with Crippen LogP contribution in [0.1, 0.15) is 15.9 Å². The van der Waals surface area contributed by atoms with Crippen molar-refractivity contribution in [3.8, 4) is 11.3 Å². The van der Waals surface area contributed by atoms with Gasteiger partial charge in [-0.3, -0.25) is 5.10 Å². The van der Waals surface area contributed by atoms with Crippen molar-refractivity contribution >= 4 is 5.97 Å². The van der Waals surface area contributed by atoms with Crippen LogP contribution >= 0.6 is 0 Å². The molecule has 0 bridgehead atoms. The second kappa shape index (κ2) is 4.96. The van der Waals surface area contributed by atoms with Gasteiger partial charge in [0.05, 0.1) is 24.5 Å². The fourth-order valence-corrected chi connectivity index (χ4v) is 1.94. The van der Waals surface area contributed by atoms with Crippen molar-refractivity contribution in [3.05, 3.63) is 54.0 Å². The van der Waals surface area contributed by atoms with Crippen LogP contribution < -0.4 is 0 Å². The van der Waals surface area contributed by atoms with Crippen molar-refractivity contribution in [3.63, 3.8) is 0 Å². The topological polar surface area (TPSA) is 96.7 Å². The van der Waals surface area contributed by atoms with Gasteiger partial charge in [0.2, 0.25) is 0 Å². The predicted octanol–water partition coefficient (Wildman–Crippen LogP) is 1.41. The van der Waals surface area contributed by atoms with Gasteiger partial charge in [-0.2, -0.15) is 5.10 Å². The number of aromatic carboxylic acids is 1. The van der Waals surface area contributed by atoms with E-state index in [1.165, 1.54) is 0 Å². The van der Waals surface area contributed by atoms with Gasteiger partial charge in [-0.25, -0.2) is 9.48 Å². The minimum Gasteiger partial charge on any atom is -0.478 e. The summed E-state index contributed by atoms with van der Waals surface area (Å²) >= 11 is 0. The van der Waals surface area contributed by atoms with Gasteiger partial charge in [-0.05, 0) is 11.6 Å². The van der Waals surface area contributed by atoms with Crippen LogP contribution in [0.5, 0.6) is 0 Å². The number of carboxylic acid groups (broad SMARTS) is 1. The summed E-state index contributed by atoms with van der Waals surface area (Å²) in [5.41, 5.74) is 2.48. The molecule has 7 heteroatoms. The van der Waals surface area contributed by atoms with E-state index in [4.69, 9.17) is 5.11 Å². The van der Waals surface area contributed by atoms with Gasteiger partial charge in [0.15, 0.2) is 0 Å². The highest BCUT2D eigenvalue weighted by atomic mass is 16.4. The van der Waals surface area contributed by atoms with Gasteiger partial charge < -0.3 is 5.11 Å². The van der Waals surface area contributed by atoms with Crippen molar-refractivity contribution in [1.82, 2.24) is 25.2 Å². The zero-order valence-corrected chi connectivity index (χ0v) is 10.4. The summed E-state index contributed by atoms with van der Waals surface area (Å²) in [6.07, 6.45) is 5.13. The first-order valence-corrected chi connectivity index (χ1v) is 5.94. The second-order valence-electron chi connectivity index (χ2n) is 4.25. The van der Waals surface area contributed by atoms with Crippen molar-refractivity contribution < 1.29 is 9.90 Å². The van der Waals surface area contributed by atoms with Gasteiger partial charge in [0.25, 0.3) is 0 Å². The summed E-state index contributed by atoms with van der Waals surface area (Å²) in [4.78, 5) is 11.1. The molecule has 0 aliphatic heterocycles. The summed E-state index contributed by atoms with van der Waals surface area (Å²) < 4.78 is 1.60. The van der Waals surface area contributed by atoms with E-state index in [-0.39, 0.29) is 5.56 Å². The summed E-state index contributed by atoms with van der Waals surface area (Å²) in [6.45, 7) is 0.354. The third-order valence-corrected chi connectivity index (χ3v) is 2.91. The zero-order valence-electron chi connectivity index (χ0n) is 10.4. The van der Waals surface area contributed by atoms with Gasteiger partial charge in [-0.15, -0.1) is 5.10 Å². The number of aromatic amines is 1. The first kappa shape index (κ1) is 12.1. The molecule has 0 radical (unpaired) electrons. The quantitative estimate of drug-likeness (QED) is 0.746. The van der Waals surface area contributed by atoms with Crippen LogP contribution in [0, 0.1) is 0 Å². The largest absolute Gasteiger partial charge is 0.478 e. The number of aromatic nitrogens is 5. The lowest BCUT2D eigenvalue weighted by Gasteiger charge is -2.04. The molecule has 0 spiro atoms.